The molecule has 17 heteroatoms. The number of unbranched alkanes of at least 4 members (excludes halogenated alkanes) is 2. The fourth-order valence-corrected chi connectivity index (χ4v) is 8.21. The molecule has 6 aromatic rings. The molecule has 334 valence electrons. The summed E-state index contributed by atoms with van der Waals surface area (Å²) < 4.78 is 34.9. The van der Waals surface area contributed by atoms with E-state index in [0.29, 0.717) is 81.7 Å². The van der Waals surface area contributed by atoms with Crippen LogP contribution in [-0.2, 0) is 34.4 Å². The van der Waals surface area contributed by atoms with Gasteiger partial charge < -0.3 is 34.3 Å². The summed E-state index contributed by atoms with van der Waals surface area (Å²) in [5.41, 5.74) is 3.84. The smallest absolute Gasteiger partial charge is 0.261 e. The molecule has 1 unspecified atom stereocenters. The Morgan fingerprint density at radius 2 is 1.75 bits per heavy atom. The summed E-state index contributed by atoms with van der Waals surface area (Å²) in [6, 6.07) is 17.1. The summed E-state index contributed by atoms with van der Waals surface area (Å²) in [7, 11) is 3.26. The van der Waals surface area contributed by atoms with Gasteiger partial charge in [-0.3, -0.25) is 34.1 Å². The van der Waals surface area contributed by atoms with Gasteiger partial charge in [0.2, 0.25) is 29.0 Å². The lowest BCUT2D eigenvalue weighted by Gasteiger charge is -2.29. The molecule has 8 rings (SSSR count). The standard InChI is InChI=1S/C48H46FN7O9/c1-5-27-13-15-36-31(20-27)44(59)43(26(2)55(36)3)46(61)52-28-14-17-38(33(49)21-28)65-47-30-22-39(63-4)40(23-35(30)50-25-51-47)64-19-8-6-7-12-41(57)53-34-11-9-10-29-32(34)24-56(48(29)62)37-16-18-42(58)54-45(37)60/h9-11,13-15,17,20-23,25,37H,5-8,12,16,18-19,24H2,1-4H3,(H,52,61)(H,53,57)(H,54,58,60). The summed E-state index contributed by atoms with van der Waals surface area (Å²) >= 11 is 0. The van der Waals surface area contributed by atoms with Crippen LogP contribution >= 0.6 is 0 Å². The van der Waals surface area contributed by atoms with Gasteiger partial charge in [-0.1, -0.05) is 19.1 Å². The molecule has 1 fully saturated rings. The minimum absolute atomic E-state index is 0.0315. The van der Waals surface area contributed by atoms with Crippen molar-refractivity contribution in [2.75, 3.05) is 24.4 Å². The molecule has 2 aromatic heterocycles. The third-order valence-corrected chi connectivity index (χ3v) is 11.8. The van der Waals surface area contributed by atoms with Crippen molar-refractivity contribution >= 4 is 62.7 Å². The Morgan fingerprint density at radius 1 is 0.923 bits per heavy atom. The highest BCUT2D eigenvalue weighted by Gasteiger charge is 2.40. The zero-order valence-corrected chi connectivity index (χ0v) is 36.2. The van der Waals surface area contributed by atoms with Crippen molar-refractivity contribution in [1.29, 1.82) is 0 Å². The number of imide groups is 1. The maximum Gasteiger partial charge on any atom is 0.261 e. The van der Waals surface area contributed by atoms with E-state index in [1.165, 1.54) is 30.5 Å². The number of amides is 5. The molecule has 2 aliphatic heterocycles. The number of hydrogen-bond donors (Lipinski definition) is 3. The predicted molar refractivity (Wildman–Crippen MR) is 239 cm³/mol. The minimum Gasteiger partial charge on any atom is -0.493 e. The largest absolute Gasteiger partial charge is 0.493 e. The Morgan fingerprint density at radius 3 is 2.52 bits per heavy atom. The van der Waals surface area contributed by atoms with Crippen LogP contribution in [0.15, 0.2) is 77.9 Å². The maximum atomic E-state index is 15.6. The number of rotatable bonds is 15. The molecule has 5 amide bonds. The first kappa shape index (κ1) is 43.9. The first-order valence-corrected chi connectivity index (χ1v) is 21.3. The SMILES string of the molecule is CCc1ccc2c(c1)c(=O)c(C(=O)Nc1ccc(Oc3ncnc4cc(OCCCCCC(=O)Nc5cccc6c5CN(C5CCC(=O)NC5=O)C6=O)c(OC)cc34)c(F)c1)c(C)n2C. The van der Waals surface area contributed by atoms with Crippen LogP contribution in [0.1, 0.15) is 83.0 Å². The Hall–Kier alpha value is -7.69. The van der Waals surface area contributed by atoms with Crippen molar-refractivity contribution < 1.29 is 42.6 Å². The Labute approximate surface area is 372 Å². The summed E-state index contributed by atoms with van der Waals surface area (Å²) in [5, 5.41) is 8.72. The summed E-state index contributed by atoms with van der Waals surface area (Å²) in [4.78, 5) is 87.1. The van der Waals surface area contributed by atoms with Crippen molar-refractivity contribution in [2.45, 2.75) is 71.4 Å². The van der Waals surface area contributed by atoms with Crippen LogP contribution in [0.2, 0.25) is 0 Å². The molecule has 3 N–H and O–H groups in total. The van der Waals surface area contributed by atoms with Gasteiger partial charge in [0.15, 0.2) is 23.1 Å². The second-order valence-corrected chi connectivity index (χ2v) is 15.9. The molecule has 4 heterocycles. The Kier molecular flexibility index (Phi) is 12.6. The molecule has 1 saturated heterocycles. The number of nitrogens with one attached hydrogen (secondary N) is 3. The van der Waals surface area contributed by atoms with Gasteiger partial charge in [-0.15, -0.1) is 0 Å². The zero-order valence-electron chi connectivity index (χ0n) is 36.2. The number of fused-ring (bicyclic) bond motifs is 3. The van der Waals surface area contributed by atoms with Crippen molar-refractivity contribution in [3.63, 3.8) is 0 Å². The normalized spacial score (nSPS) is 14.6. The number of hydrogen-bond acceptors (Lipinski definition) is 11. The number of carbonyl (C=O) groups excluding carboxylic acids is 5. The van der Waals surface area contributed by atoms with E-state index < -0.39 is 29.1 Å². The van der Waals surface area contributed by atoms with Gasteiger partial charge in [-0.2, -0.15) is 0 Å². The van der Waals surface area contributed by atoms with Gasteiger partial charge in [0.05, 0.1) is 30.1 Å². The summed E-state index contributed by atoms with van der Waals surface area (Å²) in [6.45, 7) is 4.14. The number of benzene rings is 4. The van der Waals surface area contributed by atoms with E-state index in [1.54, 1.807) is 54.9 Å². The van der Waals surface area contributed by atoms with Crippen LogP contribution in [0.4, 0.5) is 15.8 Å². The van der Waals surface area contributed by atoms with E-state index in [4.69, 9.17) is 14.2 Å². The number of nitrogens with zero attached hydrogens (tertiary/aromatic N) is 4. The van der Waals surface area contributed by atoms with Crippen LogP contribution < -0.4 is 35.6 Å². The maximum absolute atomic E-state index is 15.6. The lowest BCUT2D eigenvalue weighted by molar-refractivity contribution is -0.137. The number of carbonyl (C=O) groups is 5. The highest BCUT2D eigenvalue weighted by Crippen LogP contribution is 2.37. The average molecular weight is 884 g/mol. The number of aromatic nitrogens is 3. The number of anilines is 2. The summed E-state index contributed by atoms with van der Waals surface area (Å²) in [6.07, 6.45) is 4.51. The van der Waals surface area contributed by atoms with Crippen molar-refractivity contribution in [1.82, 2.24) is 24.8 Å². The van der Waals surface area contributed by atoms with Gasteiger partial charge >= 0.3 is 0 Å². The van der Waals surface area contributed by atoms with Crippen molar-refractivity contribution in [2.24, 2.45) is 7.05 Å². The fourth-order valence-electron chi connectivity index (χ4n) is 8.21. The van der Waals surface area contributed by atoms with E-state index in [1.807, 2.05) is 19.1 Å². The van der Waals surface area contributed by atoms with Gasteiger partial charge in [0.25, 0.3) is 11.8 Å². The quantitative estimate of drug-likeness (QED) is 0.0717. The predicted octanol–water partition coefficient (Wildman–Crippen LogP) is 6.88. The highest BCUT2D eigenvalue weighted by molar-refractivity contribution is 6.08. The second kappa shape index (κ2) is 18.6. The highest BCUT2D eigenvalue weighted by atomic mass is 19.1. The molecular formula is C48H46FN7O9. The fraction of sp³-hybridized carbons (Fsp3) is 0.292. The van der Waals surface area contributed by atoms with Crippen molar-refractivity contribution in [3.05, 3.63) is 117 Å². The van der Waals surface area contributed by atoms with Crippen LogP contribution in [0, 0.1) is 12.7 Å². The van der Waals surface area contributed by atoms with Gasteiger partial charge in [0.1, 0.15) is 17.9 Å². The van der Waals surface area contributed by atoms with Gasteiger partial charge in [0, 0.05) is 72.1 Å². The molecule has 2 aliphatic rings. The van der Waals surface area contributed by atoms with Gasteiger partial charge in [-0.25, -0.2) is 14.4 Å². The molecule has 0 saturated carbocycles. The van der Waals surface area contributed by atoms with Crippen LogP contribution in [-0.4, -0.2) is 68.7 Å². The van der Waals surface area contributed by atoms with Gasteiger partial charge in [-0.05, 0) is 87.1 Å². The third kappa shape index (κ3) is 8.94. The molecule has 0 radical (unpaired) electrons. The number of halogens is 1. The molecular weight excluding hydrogens is 838 g/mol. The first-order chi connectivity index (χ1) is 31.3. The Balaban J connectivity index is 0.850. The zero-order chi connectivity index (χ0) is 45.9. The molecule has 4 aromatic carbocycles. The number of aryl methyl sites for hydroxylation is 2. The minimum atomic E-state index is -0.784. The van der Waals surface area contributed by atoms with E-state index in [2.05, 4.69) is 25.9 Å². The van der Waals surface area contributed by atoms with Crippen LogP contribution in [0.5, 0.6) is 23.1 Å². The number of methoxy groups -OCH3 is 1. The van der Waals surface area contributed by atoms with E-state index in [-0.39, 0.29) is 66.4 Å². The Bertz CT molecular complexity index is 2990. The lowest BCUT2D eigenvalue weighted by atomic mass is 10.0. The molecule has 0 spiro atoms. The lowest BCUT2D eigenvalue weighted by Crippen LogP contribution is -2.52. The van der Waals surface area contributed by atoms with E-state index in [9.17, 15) is 28.8 Å². The van der Waals surface area contributed by atoms with Crippen LogP contribution in [0.3, 0.4) is 0 Å². The summed E-state index contributed by atoms with van der Waals surface area (Å²) in [5.74, 6) is -2.17. The molecule has 0 aliphatic carbocycles. The molecule has 16 nitrogen and oxygen atoms in total. The number of pyridine rings is 1. The van der Waals surface area contributed by atoms with E-state index in [0.717, 1.165) is 18.1 Å². The first-order valence-electron chi connectivity index (χ1n) is 21.3. The molecule has 65 heavy (non-hydrogen) atoms. The third-order valence-electron chi connectivity index (χ3n) is 11.8. The number of ether oxygens (including phenoxy) is 3. The second-order valence-electron chi connectivity index (χ2n) is 15.9. The average Bonchev–Trinajstić information content (AvgIpc) is 3.63. The molecule has 0 bridgehead atoms. The van der Waals surface area contributed by atoms with E-state index >= 15 is 4.39 Å². The molecule has 1 atom stereocenters. The number of piperidine rings is 1. The topological polar surface area (TPSA) is 200 Å². The van der Waals surface area contributed by atoms with Crippen molar-refractivity contribution in [3.8, 4) is 23.1 Å². The van der Waals surface area contributed by atoms with Crippen LogP contribution in [0.25, 0.3) is 21.8 Å². The monoisotopic (exact) mass is 883 g/mol.